The van der Waals surface area contributed by atoms with Gasteiger partial charge in [-0.1, -0.05) is 16.5 Å². The summed E-state index contributed by atoms with van der Waals surface area (Å²) in [5, 5.41) is 0. The molecule has 2 rings (SSSR count). The first-order valence-corrected chi connectivity index (χ1v) is 7.15. The van der Waals surface area contributed by atoms with Crippen molar-refractivity contribution in [3.63, 3.8) is 0 Å². The summed E-state index contributed by atoms with van der Waals surface area (Å²) in [6, 6.07) is 5.64. The van der Waals surface area contributed by atoms with Gasteiger partial charge in [-0.25, -0.2) is 4.39 Å². The summed E-state index contributed by atoms with van der Waals surface area (Å²) in [7, 11) is -3.94. The largest absolute Gasteiger partial charge is 0.321 e. The van der Waals surface area contributed by atoms with Crippen molar-refractivity contribution in [2.45, 2.75) is 13.3 Å². The van der Waals surface area contributed by atoms with Gasteiger partial charge in [-0.2, -0.15) is 8.42 Å². The minimum Gasteiger partial charge on any atom is -0.274 e. The first-order chi connectivity index (χ1) is 8.93. The Labute approximate surface area is 111 Å². The average molecular weight is 287 g/mol. The van der Waals surface area contributed by atoms with Crippen molar-refractivity contribution in [1.82, 2.24) is 9.84 Å². The number of carbonyl (C=O) groups excluding carboxylic acids is 1. The molecule has 19 heavy (non-hydrogen) atoms. The molecule has 104 valence electrons. The number of para-hydroxylation sites is 1. The Morgan fingerprint density at radius 1 is 1.32 bits per heavy atom. The van der Waals surface area contributed by atoms with Crippen LogP contribution in [0.3, 0.4) is 0 Å². The Morgan fingerprint density at radius 3 is 2.63 bits per heavy atom. The summed E-state index contributed by atoms with van der Waals surface area (Å²) in [5.74, 6) is -1.10. The van der Waals surface area contributed by atoms with E-state index in [1.165, 1.54) is 25.1 Å². The molecule has 8 heteroatoms. The highest BCUT2D eigenvalue weighted by Crippen LogP contribution is 2.25. The standard InChI is InChI=1S/C11H14FN3O3S/c1-9(16)13-15-8-4-7-14(19(15,17)18)11-6-3-2-5-10(11)12/h2-3,5-6H,4,7-8H2,1H3,(H,13,16). The number of nitrogens with zero attached hydrogens (tertiary/aromatic N) is 2. The van der Waals surface area contributed by atoms with Crippen LogP contribution in [0.15, 0.2) is 24.3 Å². The summed E-state index contributed by atoms with van der Waals surface area (Å²) in [6.45, 7) is 1.57. The van der Waals surface area contributed by atoms with Gasteiger partial charge in [0, 0.05) is 20.0 Å². The third kappa shape index (κ3) is 2.69. The lowest BCUT2D eigenvalue weighted by Crippen LogP contribution is -2.56. The minimum absolute atomic E-state index is 0.0162. The molecule has 0 atom stereocenters. The van der Waals surface area contributed by atoms with Crippen molar-refractivity contribution in [3.05, 3.63) is 30.1 Å². The zero-order chi connectivity index (χ0) is 14.0. The minimum atomic E-state index is -3.94. The molecule has 1 aromatic rings. The quantitative estimate of drug-likeness (QED) is 0.867. The van der Waals surface area contributed by atoms with Gasteiger partial charge in [-0.3, -0.25) is 14.5 Å². The van der Waals surface area contributed by atoms with Gasteiger partial charge in [0.25, 0.3) is 0 Å². The molecular formula is C11H14FN3O3S. The molecule has 0 unspecified atom stereocenters. The topological polar surface area (TPSA) is 69.7 Å². The maximum absolute atomic E-state index is 13.7. The van der Waals surface area contributed by atoms with E-state index in [4.69, 9.17) is 0 Å². The van der Waals surface area contributed by atoms with E-state index in [1.807, 2.05) is 0 Å². The van der Waals surface area contributed by atoms with Crippen LogP contribution in [0.2, 0.25) is 0 Å². The van der Waals surface area contributed by atoms with Crippen LogP contribution in [0.5, 0.6) is 0 Å². The SMILES string of the molecule is CC(=O)NN1CCCN(c2ccccc2F)S1(=O)=O. The van der Waals surface area contributed by atoms with Gasteiger partial charge in [-0.15, -0.1) is 0 Å². The number of hydrogen-bond acceptors (Lipinski definition) is 3. The van der Waals surface area contributed by atoms with E-state index in [0.717, 1.165) is 8.72 Å². The molecule has 1 amide bonds. The summed E-state index contributed by atoms with van der Waals surface area (Å²) >= 11 is 0. The van der Waals surface area contributed by atoms with Crippen LogP contribution in [-0.2, 0) is 15.0 Å². The summed E-state index contributed by atoms with van der Waals surface area (Å²) < 4.78 is 40.0. The fourth-order valence-electron chi connectivity index (χ4n) is 1.90. The zero-order valence-corrected chi connectivity index (χ0v) is 11.2. The number of halogens is 1. The molecule has 1 N–H and O–H groups in total. The third-order valence-electron chi connectivity index (χ3n) is 2.68. The molecule has 1 saturated heterocycles. The zero-order valence-electron chi connectivity index (χ0n) is 10.3. The maximum atomic E-state index is 13.7. The number of benzene rings is 1. The fraction of sp³-hybridized carbons (Fsp3) is 0.364. The molecule has 1 heterocycles. The Kier molecular flexibility index (Phi) is 3.72. The second-order valence-electron chi connectivity index (χ2n) is 4.13. The van der Waals surface area contributed by atoms with Crippen molar-refractivity contribution in [1.29, 1.82) is 0 Å². The van der Waals surface area contributed by atoms with E-state index in [9.17, 15) is 17.6 Å². The molecule has 6 nitrogen and oxygen atoms in total. The lowest BCUT2D eigenvalue weighted by molar-refractivity contribution is -0.121. The van der Waals surface area contributed by atoms with Crippen molar-refractivity contribution in [2.75, 3.05) is 17.4 Å². The van der Waals surface area contributed by atoms with E-state index in [2.05, 4.69) is 5.43 Å². The van der Waals surface area contributed by atoms with E-state index < -0.39 is 21.9 Å². The van der Waals surface area contributed by atoms with Gasteiger partial charge in [0.15, 0.2) is 0 Å². The highest BCUT2D eigenvalue weighted by atomic mass is 32.2. The number of hydrazine groups is 1. The fourth-order valence-corrected chi connectivity index (χ4v) is 3.49. The second-order valence-corrected chi connectivity index (χ2v) is 5.90. The third-order valence-corrected chi connectivity index (χ3v) is 4.45. The summed E-state index contributed by atoms with van der Waals surface area (Å²) in [4.78, 5) is 11.0. The predicted octanol–water partition coefficient (Wildman–Crippen LogP) is 0.634. The molecule has 0 aliphatic carbocycles. The molecule has 0 aromatic heterocycles. The Morgan fingerprint density at radius 2 is 2.00 bits per heavy atom. The van der Waals surface area contributed by atoms with E-state index in [0.29, 0.717) is 6.42 Å². The van der Waals surface area contributed by atoms with Gasteiger partial charge in [0.1, 0.15) is 5.82 Å². The van der Waals surface area contributed by atoms with Crippen LogP contribution in [0.25, 0.3) is 0 Å². The molecule has 1 fully saturated rings. The number of hydrogen-bond donors (Lipinski definition) is 1. The Bertz CT molecular complexity index is 591. The van der Waals surface area contributed by atoms with Gasteiger partial charge in [0.05, 0.1) is 5.69 Å². The first kappa shape index (κ1) is 13.8. The van der Waals surface area contributed by atoms with Gasteiger partial charge in [-0.05, 0) is 18.6 Å². The molecular weight excluding hydrogens is 273 g/mol. The van der Waals surface area contributed by atoms with Crippen LogP contribution in [-0.4, -0.2) is 31.8 Å². The Balaban J connectivity index is 2.36. The molecule has 0 radical (unpaired) electrons. The van der Waals surface area contributed by atoms with Crippen LogP contribution in [0.4, 0.5) is 10.1 Å². The van der Waals surface area contributed by atoms with Gasteiger partial charge >= 0.3 is 10.2 Å². The maximum Gasteiger partial charge on any atom is 0.321 e. The number of amides is 1. The number of nitrogens with one attached hydrogen (secondary N) is 1. The van der Waals surface area contributed by atoms with E-state index >= 15 is 0 Å². The summed E-state index contributed by atoms with van der Waals surface area (Å²) in [5.41, 5.74) is 2.22. The normalized spacial score (nSPS) is 19.2. The first-order valence-electron chi connectivity index (χ1n) is 5.75. The van der Waals surface area contributed by atoms with Crippen molar-refractivity contribution in [3.8, 4) is 0 Å². The van der Waals surface area contributed by atoms with Crippen LogP contribution >= 0.6 is 0 Å². The highest BCUT2D eigenvalue weighted by Gasteiger charge is 2.35. The number of carbonyl (C=O) groups is 1. The smallest absolute Gasteiger partial charge is 0.274 e. The Hall–Kier alpha value is -1.67. The molecule has 1 aromatic carbocycles. The van der Waals surface area contributed by atoms with Gasteiger partial charge < -0.3 is 0 Å². The monoisotopic (exact) mass is 287 g/mol. The van der Waals surface area contributed by atoms with E-state index in [-0.39, 0.29) is 18.8 Å². The molecule has 1 aliphatic heterocycles. The second kappa shape index (κ2) is 5.14. The van der Waals surface area contributed by atoms with Gasteiger partial charge in [0.2, 0.25) is 5.91 Å². The van der Waals surface area contributed by atoms with Crippen molar-refractivity contribution in [2.24, 2.45) is 0 Å². The lowest BCUT2D eigenvalue weighted by Gasteiger charge is -2.35. The van der Waals surface area contributed by atoms with Crippen LogP contribution in [0.1, 0.15) is 13.3 Å². The highest BCUT2D eigenvalue weighted by molar-refractivity contribution is 7.90. The molecule has 0 bridgehead atoms. The van der Waals surface area contributed by atoms with E-state index in [1.54, 1.807) is 6.07 Å². The number of rotatable bonds is 2. The predicted molar refractivity (Wildman–Crippen MR) is 67.8 cm³/mol. The lowest BCUT2D eigenvalue weighted by atomic mass is 10.3. The summed E-state index contributed by atoms with van der Waals surface area (Å²) in [6.07, 6.45) is 0.494. The van der Waals surface area contributed by atoms with Crippen LogP contribution in [0, 0.1) is 5.82 Å². The average Bonchev–Trinajstić information content (AvgIpc) is 2.32. The molecule has 0 saturated carbocycles. The van der Waals surface area contributed by atoms with Crippen molar-refractivity contribution >= 4 is 21.8 Å². The molecule has 0 spiro atoms. The molecule has 1 aliphatic rings. The number of anilines is 1. The van der Waals surface area contributed by atoms with Crippen LogP contribution < -0.4 is 9.73 Å². The van der Waals surface area contributed by atoms with Crippen molar-refractivity contribution < 1.29 is 17.6 Å².